The van der Waals surface area contributed by atoms with Crippen molar-refractivity contribution in [2.75, 3.05) is 34.7 Å². The van der Waals surface area contributed by atoms with Gasteiger partial charge in [0.05, 0.1) is 33.5 Å². The zero-order valence-corrected chi connectivity index (χ0v) is 15.6. The van der Waals surface area contributed by atoms with Crippen molar-refractivity contribution in [1.29, 1.82) is 0 Å². The second-order valence-corrected chi connectivity index (χ2v) is 5.84. The Bertz CT molecular complexity index is 791. The second kappa shape index (κ2) is 8.53. The molecular formula is C20H22O7. The minimum absolute atomic E-state index is 0.255. The highest BCUT2D eigenvalue weighted by Crippen LogP contribution is 2.38. The largest absolute Gasteiger partial charge is 0.493 e. The molecule has 0 fully saturated rings. The molecule has 0 bridgehead atoms. The molecule has 0 unspecified atom stereocenters. The predicted octanol–water partition coefficient (Wildman–Crippen LogP) is 3.23. The lowest BCUT2D eigenvalue weighted by Crippen LogP contribution is -2.08. The molecule has 1 heterocycles. The first-order chi connectivity index (χ1) is 13.2. The van der Waals surface area contributed by atoms with E-state index in [1.807, 2.05) is 18.2 Å². The zero-order valence-electron chi connectivity index (χ0n) is 15.6. The number of fused-ring (bicyclic) bond motifs is 1. The molecule has 3 rings (SSSR count). The summed E-state index contributed by atoms with van der Waals surface area (Å²) < 4.78 is 31.8. The molecule has 0 radical (unpaired) electrons. The number of carbonyl (C=O) groups excluding carboxylic acids is 1. The van der Waals surface area contributed by atoms with Gasteiger partial charge in [-0.25, -0.2) is 4.79 Å². The number of hydrogen-bond donors (Lipinski definition) is 0. The Kier molecular flexibility index (Phi) is 5.90. The van der Waals surface area contributed by atoms with Crippen LogP contribution >= 0.6 is 0 Å². The highest BCUT2D eigenvalue weighted by atomic mass is 16.7. The minimum Gasteiger partial charge on any atom is -0.493 e. The smallest absolute Gasteiger partial charge is 0.338 e. The lowest BCUT2D eigenvalue weighted by atomic mass is 10.1. The molecule has 0 amide bonds. The molecule has 0 atom stereocenters. The van der Waals surface area contributed by atoms with Gasteiger partial charge in [-0.05, 0) is 42.7 Å². The Morgan fingerprint density at radius 2 is 1.67 bits per heavy atom. The number of rotatable bonds is 8. The Morgan fingerprint density at radius 3 is 2.33 bits per heavy atom. The van der Waals surface area contributed by atoms with Crippen LogP contribution in [0.5, 0.6) is 28.7 Å². The number of hydrogen-bond acceptors (Lipinski definition) is 7. The fourth-order valence-electron chi connectivity index (χ4n) is 2.82. The summed E-state index contributed by atoms with van der Waals surface area (Å²) in [6.45, 7) is 0.551. The van der Waals surface area contributed by atoms with Gasteiger partial charge in [-0.15, -0.1) is 0 Å². The number of carbonyl (C=O) groups is 1. The Balaban J connectivity index is 1.56. The Morgan fingerprint density at radius 1 is 0.963 bits per heavy atom. The van der Waals surface area contributed by atoms with Gasteiger partial charge in [-0.1, -0.05) is 6.07 Å². The molecule has 0 aromatic heterocycles. The summed E-state index contributed by atoms with van der Waals surface area (Å²) in [5.41, 5.74) is 1.44. The lowest BCUT2D eigenvalue weighted by Gasteiger charge is -2.13. The van der Waals surface area contributed by atoms with Crippen LogP contribution in [0, 0.1) is 0 Å². The maximum atomic E-state index is 12.3. The van der Waals surface area contributed by atoms with Crippen LogP contribution < -0.4 is 23.7 Å². The quantitative estimate of drug-likeness (QED) is 0.519. The third-order valence-corrected chi connectivity index (χ3v) is 4.18. The molecule has 0 saturated carbocycles. The Hall–Kier alpha value is -3.09. The van der Waals surface area contributed by atoms with E-state index in [2.05, 4.69) is 0 Å². The molecule has 2 aromatic rings. The van der Waals surface area contributed by atoms with E-state index < -0.39 is 5.97 Å². The molecule has 0 saturated heterocycles. The summed E-state index contributed by atoms with van der Waals surface area (Å²) in [7, 11) is 4.50. The fraction of sp³-hybridized carbons (Fsp3) is 0.350. The van der Waals surface area contributed by atoms with Gasteiger partial charge < -0.3 is 28.4 Å². The molecule has 144 valence electrons. The van der Waals surface area contributed by atoms with E-state index in [1.165, 1.54) is 21.3 Å². The normalized spacial score (nSPS) is 11.8. The third-order valence-electron chi connectivity index (χ3n) is 4.18. The highest BCUT2D eigenvalue weighted by molar-refractivity contribution is 5.91. The van der Waals surface area contributed by atoms with Crippen LogP contribution in [0.3, 0.4) is 0 Å². The van der Waals surface area contributed by atoms with E-state index in [0.29, 0.717) is 35.8 Å². The van der Waals surface area contributed by atoms with Crippen molar-refractivity contribution in [1.82, 2.24) is 0 Å². The van der Waals surface area contributed by atoms with Crippen LogP contribution in [0.2, 0.25) is 0 Å². The van der Waals surface area contributed by atoms with Crippen molar-refractivity contribution in [2.24, 2.45) is 0 Å². The molecular weight excluding hydrogens is 352 g/mol. The van der Waals surface area contributed by atoms with E-state index in [0.717, 1.165) is 23.5 Å². The van der Waals surface area contributed by atoms with Crippen LogP contribution in [0.4, 0.5) is 0 Å². The Labute approximate surface area is 157 Å². The molecule has 27 heavy (non-hydrogen) atoms. The summed E-state index contributed by atoms with van der Waals surface area (Å²) in [6.07, 6.45) is 1.45. The first-order valence-corrected chi connectivity index (χ1v) is 8.52. The van der Waals surface area contributed by atoms with Crippen molar-refractivity contribution >= 4 is 5.97 Å². The maximum Gasteiger partial charge on any atom is 0.338 e. The number of ether oxygens (including phenoxy) is 6. The van der Waals surface area contributed by atoms with Crippen molar-refractivity contribution in [3.8, 4) is 28.7 Å². The van der Waals surface area contributed by atoms with Gasteiger partial charge in [0, 0.05) is 0 Å². The highest BCUT2D eigenvalue weighted by Gasteiger charge is 2.18. The van der Waals surface area contributed by atoms with Gasteiger partial charge in [0.2, 0.25) is 12.5 Å². The molecule has 0 N–H and O–H groups in total. The lowest BCUT2D eigenvalue weighted by molar-refractivity contribution is 0.0499. The number of esters is 1. The summed E-state index contributed by atoms with van der Waals surface area (Å²) in [5, 5.41) is 0. The van der Waals surface area contributed by atoms with Crippen LogP contribution in [-0.2, 0) is 11.2 Å². The average Bonchev–Trinajstić information content (AvgIpc) is 3.17. The van der Waals surface area contributed by atoms with Gasteiger partial charge in [-0.2, -0.15) is 0 Å². The number of benzene rings is 2. The maximum absolute atomic E-state index is 12.3. The molecule has 0 spiro atoms. The van der Waals surface area contributed by atoms with Gasteiger partial charge in [-0.3, -0.25) is 0 Å². The van der Waals surface area contributed by atoms with Crippen LogP contribution in [0.25, 0.3) is 0 Å². The molecule has 7 nitrogen and oxygen atoms in total. The number of methoxy groups -OCH3 is 3. The van der Waals surface area contributed by atoms with Crippen molar-refractivity contribution in [3.63, 3.8) is 0 Å². The second-order valence-electron chi connectivity index (χ2n) is 5.84. The summed E-state index contributed by atoms with van der Waals surface area (Å²) in [5.74, 6) is 2.31. The minimum atomic E-state index is -0.445. The van der Waals surface area contributed by atoms with E-state index in [4.69, 9.17) is 28.4 Å². The molecule has 2 aromatic carbocycles. The molecule has 0 aliphatic carbocycles. The molecule has 1 aliphatic heterocycles. The number of aryl methyl sites for hydroxylation is 1. The standard InChI is InChI=1S/C20H22O7/c1-22-17-10-14(11-18(23-2)19(17)24-3)20(21)25-8-4-5-13-6-7-15-16(9-13)27-12-26-15/h6-7,9-11H,4-5,8,12H2,1-3H3. The third kappa shape index (κ3) is 4.19. The molecule has 1 aliphatic rings. The van der Waals surface area contributed by atoms with Crippen LogP contribution in [0.15, 0.2) is 30.3 Å². The van der Waals surface area contributed by atoms with Gasteiger partial charge in [0.15, 0.2) is 23.0 Å². The first-order valence-electron chi connectivity index (χ1n) is 8.52. The zero-order chi connectivity index (χ0) is 19.2. The van der Waals surface area contributed by atoms with E-state index >= 15 is 0 Å². The summed E-state index contributed by atoms with van der Waals surface area (Å²) in [4.78, 5) is 12.3. The van der Waals surface area contributed by atoms with Crippen LogP contribution in [0.1, 0.15) is 22.3 Å². The summed E-state index contributed by atoms with van der Waals surface area (Å²) in [6, 6.07) is 8.96. The van der Waals surface area contributed by atoms with Gasteiger partial charge >= 0.3 is 5.97 Å². The monoisotopic (exact) mass is 374 g/mol. The van der Waals surface area contributed by atoms with E-state index in [1.54, 1.807) is 12.1 Å². The SMILES string of the molecule is COc1cc(C(=O)OCCCc2ccc3c(c2)OCO3)cc(OC)c1OC. The van der Waals surface area contributed by atoms with E-state index in [-0.39, 0.29) is 6.79 Å². The van der Waals surface area contributed by atoms with E-state index in [9.17, 15) is 4.79 Å². The fourth-order valence-corrected chi connectivity index (χ4v) is 2.82. The van der Waals surface area contributed by atoms with Gasteiger partial charge in [0.1, 0.15) is 0 Å². The molecule has 7 heteroatoms. The average molecular weight is 374 g/mol. The van der Waals surface area contributed by atoms with Crippen molar-refractivity contribution < 1.29 is 33.2 Å². The van der Waals surface area contributed by atoms with Crippen molar-refractivity contribution in [2.45, 2.75) is 12.8 Å². The predicted molar refractivity (Wildman–Crippen MR) is 97.3 cm³/mol. The van der Waals surface area contributed by atoms with Crippen molar-refractivity contribution in [3.05, 3.63) is 41.5 Å². The first kappa shape index (κ1) is 18.7. The van der Waals surface area contributed by atoms with Crippen LogP contribution in [-0.4, -0.2) is 40.7 Å². The topological polar surface area (TPSA) is 72.5 Å². The van der Waals surface area contributed by atoms with Gasteiger partial charge in [0.25, 0.3) is 0 Å². The summed E-state index contributed by atoms with van der Waals surface area (Å²) >= 11 is 0.